The summed E-state index contributed by atoms with van der Waals surface area (Å²) >= 11 is 5.86. The van der Waals surface area contributed by atoms with Crippen LogP contribution in [0.5, 0.6) is 17.2 Å². The zero-order valence-electron chi connectivity index (χ0n) is 11.0. The Hall–Kier alpha value is -2.20. The third-order valence-electron chi connectivity index (χ3n) is 2.86. The maximum atomic E-state index is 12.5. The number of phenolic OH excluding ortho intramolecular Hbond substituents is 1. The number of benzene rings is 2. The molecule has 1 N–H and O–H groups in total. The predicted molar refractivity (Wildman–Crippen MR) is 76.1 cm³/mol. The van der Waals surface area contributed by atoms with Gasteiger partial charge in [0.05, 0.1) is 25.3 Å². The summed E-state index contributed by atoms with van der Waals surface area (Å²) in [5, 5.41) is 10.2. The Morgan fingerprint density at radius 3 is 2.45 bits per heavy atom. The van der Waals surface area contributed by atoms with Crippen molar-refractivity contribution in [3.63, 3.8) is 0 Å². The van der Waals surface area contributed by atoms with Crippen molar-refractivity contribution in [2.24, 2.45) is 0 Å². The Morgan fingerprint density at radius 1 is 1.05 bits per heavy atom. The molecule has 0 aliphatic heterocycles. The van der Waals surface area contributed by atoms with Gasteiger partial charge in [-0.15, -0.1) is 0 Å². The van der Waals surface area contributed by atoms with Crippen LogP contribution in [0.1, 0.15) is 15.9 Å². The molecule has 104 valence electrons. The fourth-order valence-electron chi connectivity index (χ4n) is 1.82. The summed E-state index contributed by atoms with van der Waals surface area (Å²) in [5.41, 5.74) is 0.451. The number of carbonyl (C=O) groups is 1. The second-order valence-corrected chi connectivity index (χ2v) is 4.49. The van der Waals surface area contributed by atoms with E-state index in [9.17, 15) is 9.90 Å². The fraction of sp³-hybridized carbons (Fsp3) is 0.133. The van der Waals surface area contributed by atoms with Crippen LogP contribution in [0.2, 0.25) is 5.02 Å². The van der Waals surface area contributed by atoms with Gasteiger partial charge in [-0.25, -0.2) is 0 Å². The van der Waals surface area contributed by atoms with E-state index in [0.29, 0.717) is 22.1 Å². The normalized spacial score (nSPS) is 10.2. The number of halogens is 1. The van der Waals surface area contributed by atoms with Gasteiger partial charge in [0.1, 0.15) is 17.2 Å². The van der Waals surface area contributed by atoms with E-state index >= 15 is 0 Å². The van der Waals surface area contributed by atoms with Crippen LogP contribution in [0, 0.1) is 0 Å². The standard InChI is InChI=1S/C15H13ClO4/c1-19-10-4-5-11(14(8-10)20-2)15(18)12-7-9(16)3-6-13(12)17/h3-8,17H,1-2H3. The molecule has 0 saturated carbocycles. The summed E-state index contributed by atoms with van der Waals surface area (Å²) in [4.78, 5) is 12.5. The van der Waals surface area contributed by atoms with Gasteiger partial charge in [0, 0.05) is 11.1 Å². The van der Waals surface area contributed by atoms with E-state index in [1.807, 2.05) is 0 Å². The number of phenols is 1. The summed E-state index contributed by atoms with van der Waals surface area (Å²) < 4.78 is 10.3. The molecule has 0 spiro atoms. The van der Waals surface area contributed by atoms with Crippen LogP contribution >= 0.6 is 11.6 Å². The smallest absolute Gasteiger partial charge is 0.200 e. The molecule has 0 saturated heterocycles. The van der Waals surface area contributed by atoms with Gasteiger partial charge >= 0.3 is 0 Å². The number of ketones is 1. The van der Waals surface area contributed by atoms with Crippen LogP contribution in [-0.2, 0) is 0 Å². The molecule has 0 atom stereocenters. The zero-order chi connectivity index (χ0) is 14.7. The van der Waals surface area contributed by atoms with Crippen LogP contribution in [0.25, 0.3) is 0 Å². The summed E-state index contributed by atoms with van der Waals surface area (Å²) in [6.45, 7) is 0. The van der Waals surface area contributed by atoms with Crippen LogP contribution in [0.3, 0.4) is 0 Å². The number of hydrogen-bond donors (Lipinski definition) is 1. The van der Waals surface area contributed by atoms with Crippen molar-refractivity contribution in [1.82, 2.24) is 0 Å². The largest absolute Gasteiger partial charge is 0.507 e. The van der Waals surface area contributed by atoms with Crippen molar-refractivity contribution >= 4 is 17.4 Å². The minimum atomic E-state index is -0.371. The molecule has 0 aliphatic rings. The number of rotatable bonds is 4. The molecule has 0 aromatic heterocycles. The van der Waals surface area contributed by atoms with Crippen molar-refractivity contribution < 1.29 is 19.4 Å². The van der Waals surface area contributed by atoms with Gasteiger partial charge in [0.15, 0.2) is 0 Å². The lowest BCUT2D eigenvalue weighted by Crippen LogP contribution is -2.04. The highest BCUT2D eigenvalue weighted by atomic mass is 35.5. The van der Waals surface area contributed by atoms with Crippen molar-refractivity contribution in [1.29, 1.82) is 0 Å². The molecule has 0 amide bonds. The molecule has 0 radical (unpaired) electrons. The first-order chi connectivity index (χ1) is 9.56. The quantitative estimate of drug-likeness (QED) is 0.879. The molecule has 0 aliphatic carbocycles. The lowest BCUT2D eigenvalue weighted by atomic mass is 10.0. The Kier molecular flexibility index (Phi) is 4.15. The minimum Gasteiger partial charge on any atom is -0.507 e. The third kappa shape index (κ3) is 2.70. The first kappa shape index (κ1) is 14.2. The van der Waals surface area contributed by atoms with Crippen LogP contribution in [0.4, 0.5) is 0 Å². The van der Waals surface area contributed by atoms with Gasteiger partial charge in [-0.2, -0.15) is 0 Å². The van der Waals surface area contributed by atoms with Gasteiger partial charge in [0.25, 0.3) is 0 Å². The second kappa shape index (κ2) is 5.84. The fourth-order valence-corrected chi connectivity index (χ4v) is 1.99. The third-order valence-corrected chi connectivity index (χ3v) is 3.09. The first-order valence-corrected chi connectivity index (χ1v) is 6.20. The number of methoxy groups -OCH3 is 2. The Bertz CT molecular complexity index is 652. The maximum absolute atomic E-state index is 12.5. The van der Waals surface area contributed by atoms with Gasteiger partial charge in [0.2, 0.25) is 5.78 Å². The van der Waals surface area contributed by atoms with Crippen LogP contribution in [-0.4, -0.2) is 25.1 Å². The van der Waals surface area contributed by atoms with E-state index < -0.39 is 0 Å². The highest BCUT2D eigenvalue weighted by Gasteiger charge is 2.18. The molecule has 5 heteroatoms. The van der Waals surface area contributed by atoms with Gasteiger partial charge in [-0.3, -0.25) is 4.79 Å². The summed E-state index contributed by atoms with van der Waals surface area (Å²) in [6, 6.07) is 9.15. The highest BCUT2D eigenvalue weighted by Crippen LogP contribution is 2.30. The minimum absolute atomic E-state index is 0.126. The Balaban J connectivity index is 2.50. The molecular weight excluding hydrogens is 280 g/mol. The Morgan fingerprint density at radius 2 is 1.80 bits per heavy atom. The number of carbonyl (C=O) groups excluding carboxylic acids is 1. The van der Waals surface area contributed by atoms with E-state index in [-0.39, 0.29) is 17.1 Å². The van der Waals surface area contributed by atoms with E-state index in [2.05, 4.69) is 0 Å². The summed E-state index contributed by atoms with van der Waals surface area (Å²) in [5.74, 6) is 0.448. The molecule has 0 unspecified atom stereocenters. The van der Waals surface area contributed by atoms with Crippen LogP contribution in [0.15, 0.2) is 36.4 Å². The molecule has 20 heavy (non-hydrogen) atoms. The SMILES string of the molecule is COc1ccc(C(=O)c2cc(Cl)ccc2O)c(OC)c1. The molecule has 2 rings (SSSR count). The predicted octanol–water partition coefficient (Wildman–Crippen LogP) is 3.29. The number of hydrogen-bond acceptors (Lipinski definition) is 4. The van der Waals surface area contributed by atoms with E-state index in [0.717, 1.165) is 0 Å². The van der Waals surface area contributed by atoms with Gasteiger partial charge in [-0.05, 0) is 30.3 Å². The van der Waals surface area contributed by atoms with Crippen molar-refractivity contribution in [3.05, 3.63) is 52.5 Å². The lowest BCUT2D eigenvalue weighted by Gasteiger charge is -2.10. The first-order valence-electron chi connectivity index (χ1n) is 5.82. The average molecular weight is 293 g/mol. The molecule has 4 nitrogen and oxygen atoms in total. The molecule has 2 aromatic rings. The molecular formula is C15H13ClO4. The topological polar surface area (TPSA) is 55.8 Å². The summed E-state index contributed by atoms with van der Waals surface area (Å²) in [6.07, 6.45) is 0. The number of ether oxygens (including phenoxy) is 2. The second-order valence-electron chi connectivity index (χ2n) is 4.06. The van der Waals surface area contributed by atoms with E-state index in [1.165, 1.54) is 32.4 Å². The molecule has 2 aromatic carbocycles. The van der Waals surface area contributed by atoms with E-state index in [4.69, 9.17) is 21.1 Å². The van der Waals surface area contributed by atoms with E-state index in [1.54, 1.807) is 18.2 Å². The molecule has 0 fully saturated rings. The van der Waals surface area contributed by atoms with Gasteiger partial charge in [-0.1, -0.05) is 11.6 Å². The highest BCUT2D eigenvalue weighted by molar-refractivity contribution is 6.31. The Labute approximate surface area is 121 Å². The summed E-state index contributed by atoms with van der Waals surface area (Å²) in [7, 11) is 2.99. The van der Waals surface area contributed by atoms with Crippen LogP contribution < -0.4 is 9.47 Å². The monoisotopic (exact) mass is 292 g/mol. The van der Waals surface area contributed by atoms with Crippen molar-refractivity contribution in [2.45, 2.75) is 0 Å². The van der Waals surface area contributed by atoms with Crippen molar-refractivity contribution in [3.8, 4) is 17.2 Å². The van der Waals surface area contributed by atoms with Crippen molar-refractivity contribution in [2.75, 3.05) is 14.2 Å². The zero-order valence-corrected chi connectivity index (χ0v) is 11.8. The maximum Gasteiger partial charge on any atom is 0.200 e. The lowest BCUT2D eigenvalue weighted by molar-refractivity contribution is 0.103. The average Bonchev–Trinajstić information content (AvgIpc) is 2.48. The molecule has 0 heterocycles. The number of aromatic hydroxyl groups is 1. The van der Waals surface area contributed by atoms with Gasteiger partial charge < -0.3 is 14.6 Å². The molecule has 0 bridgehead atoms.